The molecule has 4 heteroatoms. The monoisotopic (exact) mass is 278 g/mol. The highest BCUT2D eigenvalue weighted by Crippen LogP contribution is 2.15. The van der Waals surface area contributed by atoms with Gasteiger partial charge in [0.15, 0.2) is 0 Å². The molecular formula is C16H26N2O2. The van der Waals surface area contributed by atoms with E-state index >= 15 is 0 Å². The van der Waals surface area contributed by atoms with E-state index in [9.17, 15) is 9.90 Å². The van der Waals surface area contributed by atoms with E-state index in [2.05, 4.69) is 31.3 Å². The molecule has 0 aliphatic rings. The van der Waals surface area contributed by atoms with Crippen LogP contribution in [0.5, 0.6) is 0 Å². The van der Waals surface area contributed by atoms with Crippen LogP contribution in [0.4, 0.5) is 0 Å². The molecule has 0 fully saturated rings. The maximum Gasteiger partial charge on any atom is 0.218 e. The number of nitrogens with two attached hydrogens (primary N) is 1. The first kappa shape index (κ1) is 16.7. The minimum atomic E-state index is -0.571. The summed E-state index contributed by atoms with van der Waals surface area (Å²) in [5, 5.41) is 13.2. The lowest BCUT2D eigenvalue weighted by Crippen LogP contribution is -2.33. The summed E-state index contributed by atoms with van der Waals surface area (Å²) in [6.07, 6.45) is 0.753. The zero-order chi connectivity index (χ0) is 15.1. The Balaban J connectivity index is 2.47. The van der Waals surface area contributed by atoms with Crippen LogP contribution in [0.1, 0.15) is 44.4 Å². The lowest BCUT2D eigenvalue weighted by atomic mass is 10.00. The van der Waals surface area contributed by atoms with Gasteiger partial charge in [0.1, 0.15) is 0 Å². The molecule has 0 saturated carbocycles. The first-order valence-electron chi connectivity index (χ1n) is 7.17. The third kappa shape index (κ3) is 6.17. The first-order chi connectivity index (χ1) is 9.38. The van der Waals surface area contributed by atoms with E-state index in [1.165, 1.54) is 5.56 Å². The van der Waals surface area contributed by atoms with Crippen molar-refractivity contribution in [1.29, 1.82) is 0 Å². The topological polar surface area (TPSA) is 75.3 Å². The number of hydrogen-bond donors (Lipinski definition) is 3. The molecule has 20 heavy (non-hydrogen) atoms. The molecule has 0 spiro atoms. The second kappa shape index (κ2) is 8.02. The molecule has 0 saturated heterocycles. The first-order valence-corrected chi connectivity index (χ1v) is 7.17. The van der Waals surface area contributed by atoms with Crippen molar-refractivity contribution >= 4 is 5.91 Å². The molecule has 1 aromatic rings. The van der Waals surface area contributed by atoms with Crippen LogP contribution >= 0.6 is 0 Å². The predicted octanol–water partition coefficient (Wildman–Crippen LogP) is 1.77. The Labute approximate surface area is 121 Å². The molecule has 112 valence electrons. The van der Waals surface area contributed by atoms with Crippen LogP contribution in [0.2, 0.25) is 0 Å². The summed E-state index contributed by atoms with van der Waals surface area (Å²) in [7, 11) is 0. The van der Waals surface area contributed by atoms with Gasteiger partial charge in [0, 0.05) is 19.0 Å². The van der Waals surface area contributed by atoms with E-state index in [1.54, 1.807) is 0 Å². The lowest BCUT2D eigenvalue weighted by molar-refractivity contribution is -0.118. The van der Waals surface area contributed by atoms with Gasteiger partial charge in [-0.2, -0.15) is 0 Å². The summed E-state index contributed by atoms with van der Waals surface area (Å²) in [6, 6.07) is 8.02. The van der Waals surface area contributed by atoms with E-state index < -0.39 is 6.10 Å². The van der Waals surface area contributed by atoms with Crippen molar-refractivity contribution in [3.63, 3.8) is 0 Å². The van der Waals surface area contributed by atoms with Crippen molar-refractivity contribution in [1.82, 2.24) is 5.32 Å². The predicted molar refractivity (Wildman–Crippen MR) is 81.2 cm³/mol. The van der Waals surface area contributed by atoms with Crippen molar-refractivity contribution in [3.05, 3.63) is 35.4 Å². The Hall–Kier alpha value is -1.39. The molecule has 1 rings (SSSR count). The molecule has 1 amide bonds. The quantitative estimate of drug-likeness (QED) is 0.678. The van der Waals surface area contributed by atoms with E-state index in [-0.39, 0.29) is 18.4 Å². The average Bonchev–Trinajstić information content (AvgIpc) is 2.35. The van der Waals surface area contributed by atoms with Gasteiger partial charge in [0.25, 0.3) is 0 Å². The van der Waals surface area contributed by atoms with Crippen molar-refractivity contribution in [2.24, 2.45) is 11.7 Å². The number of aliphatic hydroxyl groups is 1. The third-order valence-electron chi connectivity index (χ3n) is 3.18. The zero-order valence-corrected chi connectivity index (χ0v) is 12.6. The molecule has 2 atom stereocenters. The van der Waals surface area contributed by atoms with Crippen LogP contribution in [-0.2, 0) is 11.2 Å². The van der Waals surface area contributed by atoms with E-state index in [4.69, 9.17) is 5.73 Å². The molecule has 0 aliphatic carbocycles. The SMILES string of the molecule is CC(C)Cc1ccc(C(O)CNC(C)CC(N)=O)cc1. The number of benzene rings is 1. The van der Waals surface area contributed by atoms with Gasteiger partial charge < -0.3 is 16.2 Å². The molecule has 2 unspecified atom stereocenters. The molecule has 0 bridgehead atoms. The van der Waals surface area contributed by atoms with Gasteiger partial charge in [0.05, 0.1) is 6.10 Å². The van der Waals surface area contributed by atoms with Gasteiger partial charge in [-0.25, -0.2) is 0 Å². The second-order valence-corrected chi connectivity index (χ2v) is 5.84. The van der Waals surface area contributed by atoms with Crippen molar-refractivity contribution in [3.8, 4) is 0 Å². The number of amides is 1. The molecule has 0 heterocycles. The van der Waals surface area contributed by atoms with Gasteiger partial charge in [-0.1, -0.05) is 38.1 Å². The van der Waals surface area contributed by atoms with Crippen molar-refractivity contribution in [2.45, 2.75) is 45.8 Å². The number of carbonyl (C=O) groups excluding carboxylic acids is 1. The fourth-order valence-corrected chi connectivity index (χ4v) is 2.15. The second-order valence-electron chi connectivity index (χ2n) is 5.84. The molecule has 4 nitrogen and oxygen atoms in total. The van der Waals surface area contributed by atoms with Gasteiger partial charge in [-0.05, 0) is 30.4 Å². The maximum absolute atomic E-state index is 10.8. The van der Waals surface area contributed by atoms with Crippen molar-refractivity contribution < 1.29 is 9.90 Å². The summed E-state index contributed by atoms with van der Waals surface area (Å²) in [5.41, 5.74) is 7.29. The van der Waals surface area contributed by atoms with Crippen LogP contribution in [-0.4, -0.2) is 23.6 Å². The Morgan fingerprint density at radius 3 is 2.35 bits per heavy atom. The van der Waals surface area contributed by atoms with Crippen molar-refractivity contribution in [2.75, 3.05) is 6.54 Å². The van der Waals surface area contributed by atoms with Gasteiger partial charge >= 0.3 is 0 Å². The minimum Gasteiger partial charge on any atom is -0.387 e. The number of carbonyl (C=O) groups is 1. The Kier molecular flexibility index (Phi) is 6.68. The largest absolute Gasteiger partial charge is 0.387 e. The summed E-state index contributed by atoms with van der Waals surface area (Å²) in [5.74, 6) is 0.291. The Morgan fingerprint density at radius 2 is 1.85 bits per heavy atom. The van der Waals surface area contributed by atoms with Crippen LogP contribution in [0, 0.1) is 5.92 Å². The van der Waals surface area contributed by atoms with Crippen LogP contribution < -0.4 is 11.1 Å². The number of nitrogens with one attached hydrogen (secondary N) is 1. The number of hydrogen-bond acceptors (Lipinski definition) is 3. The van der Waals surface area contributed by atoms with Gasteiger partial charge in [-0.3, -0.25) is 4.79 Å². The van der Waals surface area contributed by atoms with E-state index in [1.807, 2.05) is 19.1 Å². The van der Waals surface area contributed by atoms with Gasteiger partial charge in [-0.15, -0.1) is 0 Å². The molecule has 0 aliphatic heterocycles. The summed E-state index contributed by atoms with van der Waals surface area (Å²) in [4.78, 5) is 10.8. The standard InChI is InChI=1S/C16H26N2O2/c1-11(2)8-13-4-6-14(7-5-13)15(19)10-18-12(3)9-16(17)20/h4-7,11-12,15,18-19H,8-10H2,1-3H3,(H2,17,20). The van der Waals surface area contributed by atoms with Gasteiger partial charge in [0.2, 0.25) is 5.91 Å². The highest BCUT2D eigenvalue weighted by Gasteiger charge is 2.11. The zero-order valence-electron chi connectivity index (χ0n) is 12.6. The number of aliphatic hydroxyl groups excluding tert-OH is 1. The van der Waals surface area contributed by atoms with Crippen LogP contribution in [0.3, 0.4) is 0 Å². The highest BCUT2D eigenvalue weighted by molar-refractivity contribution is 5.74. The average molecular weight is 278 g/mol. The summed E-state index contributed by atoms with van der Waals surface area (Å²) < 4.78 is 0. The summed E-state index contributed by atoms with van der Waals surface area (Å²) in [6.45, 7) is 6.67. The molecule has 1 aromatic carbocycles. The Morgan fingerprint density at radius 1 is 1.25 bits per heavy atom. The smallest absolute Gasteiger partial charge is 0.218 e. The molecular weight excluding hydrogens is 252 g/mol. The van der Waals surface area contributed by atoms with E-state index in [0.717, 1.165) is 12.0 Å². The fraction of sp³-hybridized carbons (Fsp3) is 0.562. The minimum absolute atomic E-state index is 0.0256. The normalized spacial score (nSPS) is 14.2. The lowest BCUT2D eigenvalue weighted by Gasteiger charge is -2.16. The molecule has 0 radical (unpaired) electrons. The molecule has 0 aromatic heterocycles. The maximum atomic E-state index is 10.8. The highest BCUT2D eigenvalue weighted by atomic mass is 16.3. The Bertz CT molecular complexity index is 415. The van der Waals surface area contributed by atoms with E-state index in [0.29, 0.717) is 12.5 Å². The third-order valence-corrected chi connectivity index (χ3v) is 3.18. The fourth-order valence-electron chi connectivity index (χ4n) is 2.15. The molecule has 4 N–H and O–H groups in total. The van der Waals surface area contributed by atoms with Crippen LogP contribution in [0.25, 0.3) is 0 Å². The number of primary amides is 1. The number of rotatable bonds is 8. The summed E-state index contributed by atoms with van der Waals surface area (Å²) >= 11 is 0. The van der Waals surface area contributed by atoms with Crippen LogP contribution in [0.15, 0.2) is 24.3 Å².